The number of aliphatic hydroxyl groups is 1. The number of nitrogens with zero attached hydrogens (tertiary/aromatic N) is 7. The summed E-state index contributed by atoms with van der Waals surface area (Å²) in [5.41, 5.74) is 1.83. The molecular weight excluding hydrogens is 455 g/mol. The quantitative estimate of drug-likeness (QED) is 0.570. The van der Waals surface area contributed by atoms with E-state index in [1.54, 1.807) is 34.9 Å². The van der Waals surface area contributed by atoms with Gasteiger partial charge in [-0.3, -0.25) is 4.79 Å². The normalized spacial score (nSPS) is 15.9. The van der Waals surface area contributed by atoms with E-state index in [-0.39, 0.29) is 30.1 Å². The number of fused-ring (bicyclic) bond motifs is 1. The smallest absolute Gasteiger partial charge is 0.320 e. The predicted octanol–water partition coefficient (Wildman–Crippen LogP) is 1.86. The minimum Gasteiger partial charge on any atom is -0.394 e. The van der Waals surface area contributed by atoms with E-state index in [2.05, 4.69) is 25.8 Å². The van der Waals surface area contributed by atoms with Crippen LogP contribution in [0.5, 0.6) is 0 Å². The minimum absolute atomic E-state index is 0.0175. The molecule has 0 aliphatic carbocycles. The molecule has 0 unspecified atom stereocenters. The van der Waals surface area contributed by atoms with Gasteiger partial charge in [-0.15, -0.1) is 5.10 Å². The number of amides is 3. The Balaban J connectivity index is 1.35. The maximum atomic E-state index is 14.8. The molecule has 2 aromatic heterocycles. The van der Waals surface area contributed by atoms with Gasteiger partial charge < -0.3 is 20.2 Å². The summed E-state index contributed by atoms with van der Waals surface area (Å²) in [6, 6.07) is 7.43. The molecule has 11 nitrogen and oxygen atoms in total. The predicted molar refractivity (Wildman–Crippen MR) is 123 cm³/mol. The number of benzene rings is 1. The third-order valence-electron chi connectivity index (χ3n) is 6.34. The molecule has 2 aliphatic rings. The zero-order valence-corrected chi connectivity index (χ0v) is 19.2. The number of aromatic nitrogens is 5. The number of aliphatic hydroxyl groups excluding tert-OH is 1. The summed E-state index contributed by atoms with van der Waals surface area (Å²) in [5.74, 6) is -0.745. The highest BCUT2D eigenvalue weighted by Gasteiger charge is 2.29. The number of hydrogen-bond acceptors (Lipinski definition) is 7. The highest BCUT2D eigenvalue weighted by Crippen LogP contribution is 2.25. The highest BCUT2D eigenvalue weighted by atomic mass is 19.1. The first-order chi connectivity index (χ1) is 16.9. The van der Waals surface area contributed by atoms with Crippen LogP contribution >= 0.6 is 0 Å². The molecule has 0 radical (unpaired) electrons. The zero-order chi connectivity index (χ0) is 24.5. The van der Waals surface area contributed by atoms with Gasteiger partial charge in [0.1, 0.15) is 17.3 Å². The van der Waals surface area contributed by atoms with E-state index >= 15 is 0 Å². The number of nitrogens with one attached hydrogen (secondary N) is 1. The molecule has 1 fully saturated rings. The van der Waals surface area contributed by atoms with Crippen molar-refractivity contribution in [3.8, 4) is 11.5 Å². The fourth-order valence-corrected chi connectivity index (χ4v) is 4.17. The van der Waals surface area contributed by atoms with E-state index in [9.17, 15) is 19.1 Å². The average molecular weight is 481 g/mol. The summed E-state index contributed by atoms with van der Waals surface area (Å²) in [5, 5.41) is 23.5. The second kappa shape index (κ2) is 9.37. The first kappa shape index (κ1) is 22.8. The van der Waals surface area contributed by atoms with Crippen molar-refractivity contribution in [2.75, 3.05) is 31.6 Å². The summed E-state index contributed by atoms with van der Waals surface area (Å²) in [4.78, 5) is 33.5. The lowest BCUT2D eigenvalue weighted by molar-refractivity contribution is 0.102. The van der Waals surface area contributed by atoms with Crippen LogP contribution in [-0.2, 0) is 13.0 Å². The van der Waals surface area contributed by atoms with Gasteiger partial charge in [-0.1, -0.05) is 6.07 Å². The Bertz CT molecular complexity index is 1280. The van der Waals surface area contributed by atoms with Crippen LogP contribution in [0.2, 0.25) is 0 Å². The number of carbonyl (C=O) groups is 2. The van der Waals surface area contributed by atoms with Gasteiger partial charge in [-0.05, 0) is 65.6 Å². The highest BCUT2D eigenvalue weighted by molar-refractivity contribution is 6.04. The number of urea groups is 1. The van der Waals surface area contributed by atoms with E-state index in [1.807, 2.05) is 0 Å². The van der Waals surface area contributed by atoms with Gasteiger partial charge in [-0.25, -0.2) is 18.9 Å². The van der Waals surface area contributed by atoms with Crippen LogP contribution in [0.1, 0.15) is 40.9 Å². The van der Waals surface area contributed by atoms with Gasteiger partial charge in [-0.2, -0.15) is 0 Å². The van der Waals surface area contributed by atoms with Crippen molar-refractivity contribution in [1.82, 2.24) is 35.0 Å². The molecule has 3 aromatic rings. The van der Waals surface area contributed by atoms with Gasteiger partial charge in [0.15, 0.2) is 0 Å². The lowest BCUT2D eigenvalue weighted by Gasteiger charge is -2.38. The van der Waals surface area contributed by atoms with E-state index in [0.717, 1.165) is 30.6 Å². The number of halogens is 1. The Morgan fingerprint density at radius 1 is 1.17 bits per heavy atom. The molecule has 1 aromatic carbocycles. The first-order valence-electron chi connectivity index (χ1n) is 11.5. The van der Waals surface area contributed by atoms with E-state index in [4.69, 9.17) is 0 Å². The van der Waals surface area contributed by atoms with Crippen LogP contribution in [0, 0.1) is 5.82 Å². The summed E-state index contributed by atoms with van der Waals surface area (Å²) < 4.78 is 16.3. The lowest BCUT2D eigenvalue weighted by Crippen LogP contribution is -2.50. The Kier molecular flexibility index (Phi) is 6.12. The Morgan fingerprint density at radius 3 is 2.74 bits per heavy atom. The number of rotatable bonds is 5. The number of tetrazole rings is 1. The van der Waals surface area contributed by atoms with Gasteiger partial charge >= 0.3 is 6.03 Å². The molecule has 2 N–H and O–H groups in total. The van der Waals surface area contributed by atoms with E-state index in [1.165, 1.54) is 16.8 Å². The average Bonchev–Trinajstić information content (AvgIpc) is 3.32. The van der Waals surface area contributed by atoms with Crippen LogP contribution in [0.4, 0.5) is 15.0 Å². The number of hydrogen-bond donors (Lipinski definition) is 2. The van der Waals surface area contributed by atoms with E-state index in [0.29, 0.717) is 31.0 Å². The number of anilines is 1. The van der Waals surface area contributed by atoms with Crippen LogP contribution in [0.25, 0.3) is 11.5 Å². The molecule has 0 saturated carbocycles. The number of likely N-dealkylation sites (tertiary alicyclic amines) is 1. The molecule has 182 valence electrons. The Hall–Kier alpha value is -3.93. The molecule has 1 atom stereocenters. The van der Waals surface area contributed by atoms with E-state index < -0.39 is 11.7 Å². The van der Waals surface area contributed by atoms with Crippen molar-refractivity contribution < 1.29 is 19.1 Å². The molecule has 4 heterocycles. The number of pyridine rings is 1. The third kappa shape index (κ3) is 4.44. The lowest BCUT2D eigenvalue weighted by atomic mass is 9.96. The van der Waals surface area contributed by atoms with Crippen molar-refractivity contribution in [2.45, 2.75) is 32.4 Å². The van der Waals surface area contributed by atoms with Crippen LogP contribution in [0.3, 0.4) is 0 Å². The summed E-state index contributed by atoms with van der Waals surface area (Å²) in [6.07, 6.45) is 1.55. The summed E-state index contributed by atoms with van der Waals surface area (Å²) >= 11 is 0. The van der Waals surface area contributed by atoms with Crippen LogP contribution in [0.15, 0.2) is 30.3 Å². The largest absolute Gasteiger partial charge is 0.394 e. The van der Waals surface area contributed by atoms with Crippen molar-refractivity contribution in [3.05, 3.63) is 52.8 Å². The molecule has 5 rings (SSSR count). The van der Waals surface area contributed by atoms with Crippen molar-refractivity contribution in [1.29, 1.82) is 0 Å². The van der Waals surface area contributed by atoms with Gasteiger partial charge in [0, 0.05) is 26.2 Å². The molecule has 12 heteroatoms. The maximum absolute atomic E-state index is 14.8. The minimum atomic E-state index is -0.649. The maximum Gasteiger partial charge on any atom is 0.320 e. The Labute approximate surface area is 200 Å². The molecule has 2 aliphatic heterocycles. The van der Waals surface area contributed by atoms with Crippen molar-refractivity contribution in [2.24, 2.45) is 0 Å². The van der Waals surface area contributed by atoms with Gasteiger partial charge in [0.2, 0.25) is 5.82 Å². The van der Waals surface area contributed by atoms with Gasteiger partial charge in [0.05, 0.1) is 18.2 Å². The SMILES string of the molecule is C[C@H](CO)n1nnnc1-c1cccc(NC(=O)c2cc3c(cc2F)CCN(C(=O)N2CCC2)C3)n1. The third-order valence-corrected chi connectivity index (χ3v) is 6.34. The topological polar surface area (TPSA) is 129 Å². The van der Waals surface area contributed by atoms with Crippen molar-refractivity contribution in [3.63, 3.8) is 0 Å². The Morgan fingerprint density at radius 2 is 2.00 bits per heavy atom. The first-order valence-corrected chi connectivity index (χ1v) is 11.5. The second-order valence-electron chi connectivity index (χ2n) is 8.74. The van der Waals surface area contributed by atoms with Crippen LogP contribution in [-0.4, -0.2) is 78.3 Å². The fraction of sp³-hybridized carbons (Fsp3) is 0.391. The van der Waals surface area contributed by atoms with Crippen LogP contribution < -0.4 is 5.32 Å². The number of carbonyl (C=O) groups excluding carboxylic acids is 2. The summed E-state index contributed by atoms with van der Waals surface area (Å²) in [6.45, 7) is 3.98. The molecular formula is C23H25FN8O3. The fourth-order valence-electron chi connectivity index (χ4n) is 4.17. The standard InChI is InChI=1S/C23H25FN8O3/c1-14(13-33)32-21(27-28-29-32)19-4-2-5-20(25-19)26-22(34)17-10-16-12-31(23(35)30-7-3-8-30)9-6-15(16)11-18(17)24/h2,4-5,10-11,14,33H,3,6-9,12-13H2,1H3,(H,25,26,34)/t14-/m1/s1. The molecule has 0 bridgehead atoms. The molecule has 3 amide bonds. The molecule has 0 spiro atoms. The molecule has 35 heavy (non-hydrogen) atoms. The monoisotopic (exact) mass is 480 g/mol. The molecule has 1 saturated heterocycles. The van der Waals surface area contributed by atoms with Crippen molar-refractivity contribution >= 4 is 17.8 Å². The second-order valence-corrected chi connectivity index (χ2v) is 8.74. The summed E-state index contributed by atoms with van der Waals surface area (Å²) in [7, 11) is 0. The zero-order valence-electron chi connectivity index (χ0n) is 19.2. The van der Waals surface area contributed by atoms with Gasteiger partial charge in [0.25, 0.3) is 5.91 Å².